The third-order valence-corrected chi connectivity index (χ3v) is 3.85. The number of carbonyl (C=O) groups excluding carboxylic acids is 1. The zero-order valence-electron chi connectivity index (χ0n) is 13.6. The number of carbonyl (C=O) groups is 2. The highest BCUT2D eigenvalue weighted by atomic mass is 16.5. The summed E-state index contributed by atoms with van der Waals surface area (Å²) in [6.45, 7) is 2.18. The van der Waals surface area contributed by atoms with Crippen molar-refractivity contribution in [2.24, 2.45) is 11.7 Å². The summed E-state index contributed by atoms with van der Waals surface area (Å²) >= 11 is 0. The van der Waals surface area contributed by atoms with Crippen LogP contribution in [0.15, 0.2) is 0 Å². The van der Waals surface area contributed by atoms with Gasteiger partial charge in [-0.15, -0.1) is 0 Å². The van der Waals surface area contributed by atoms with Gasteiger partial charge in [0.15, 0.2) is 5.79 Å². The lowest BCUT2D eigenvalue weighted by molar-refractivity contribution is -0.187. The van der Waals surface area contributed by atoms with Gasteiger partial charge >= 0.3 is 5.97 Å². The summed E-state index contributed by atoms with van der Waals surface area (Å²) in [7, 11) is 0. The highest BCUT2D eigenvalue weighted by molar-refractivity contribution is 5.96. The predicted octanol–water partition coefficient (Wildman–Crippen LogP) is 2.16. The topological polar surface area (TPSA) is 121 Å². The Kier molecular flexibility index (Phi) is 10.8. The molecule has 0 rings (SSSR count). The van der Waals surface area contributed by atoms with Crippen LogP contribution in [0.1, 0.15) is 77.6 Å². The van der Waals surface area contributed by atoms with Crippen LogP contribution >= 0.6 is 0 Å². The highest BCUT2D eigenvalue weighted by Gasteiger charge is 2.34. The van der Waals surface area contributed by atoms with Gasteiger partial charge in [-0.25, -0.2) is 0 Å². The number of carboxylic acid groups (broad SMARTS) is 1. The van der Waals surface area contributed by atoms with Crippen molar-refractivity contribution in [3.05, 3.63) is 0 Å². The number of amides is 1. The second-order valence-corrected chi connectivity index (χ2v) is 6.06. The molecule has 6 nitrogen and oxygen atoms in total. The van der Waals surface area contributed by atoms with Crippen molar-refractivity contribution in [2.45, 2.75) is 83.3 Å². The number of hydrogen-bond donors (Lipinski definition) is 4. The molecule has 0 aliphatic heterocycles. The quantitative estimate of drug-likeness (QED) is 0.222. The van der Waals surface area contributed by atoms with Gasteiger partial charge in [-0.2, -0.15) is 0 Å². The monoisotopic (exact) mass is 317 g/mol. The second kappa shape index (κ2) is 11.4. The molecule has 0 aliphatic carbocycles. The minimum absolute atomic E-state index is 0.0555. The average Bonchev–Trinajstić information content (AvgIpc) is 2.42. The maximum absolute atomic E-state index is 11.0. The van der Waals surface area contributed by atoms with Crippen molar-refractivity contribution < 1.29 is 24.9 Å². The largest absolute Gasteiger partial charge is 0.481 e. The first kappa shape index (κ1) is 20.9. The van der Waals surface area contributed by atoms with Gasteiger partial charge in [-0.1, -0.05) is 58.3 Å². The maximum atomic E-state index is 11.0. The van der Waals surface area contributed by atoms with Crippen LogP contribution in [-0.2, 0) is 9.59 Å². The van der Waals surface area contributed by atoms with E-state index in [1.165, 1.54) is 32.1 Å². The molecule has 6 heteroatoms. The van der Waals surface area contributed by atoms with Gasteiger partial charge in [-0.3, -0.25) is 9.59 Å². The number of unbranched alkanes of at least 4 members (excludes halogenated alkanes) is 8. The number of hydrogen-bond acceptors (Lipinski definition) is 4. The molecule has 0 saturated heterocycles. The Hall–Kier alpha value is -1.14. The number of aliphatic hydroxyl groups is 2. The third kappa shape index (κ3) is 10.6. The van der Waals surface area contributed by atoms with E-state index in [-0.39, 0.29) is 6.42 Å². The number of carboxylic acids is 1. The van der Waals surface area contributed by atoms with E-state index in [0.717, 1.165) is 19.3 Å². The van der Waals surface area contributed by atoms with E-state index in [0.29, 0.717) is 6.42 Å². The summed E-state index contributed by atoms with van der Waals surface area (Å²) in [5.74, 6) is -6.19. The molecule has 5 N–H and O–H groups in total. The normalized spacial score (nSPS) is 13.0. The lowest BCUT2D eigenvalue weighted by Crippen LogP contribution is -2.39. The zero-order chi connectivity index (χ0) is 17.0. The molecule has 0 aromatic heterocycles. The summed E-state index contributed by atoms with van der Waals surface area (Å²) in [5, 5.41) is 28.3. The van der Waals surface area contributed by atoms with E-state index in [9.17, 15) is 19.8 Å². The zero-order valence-corrected chi connectivity index (χ0v) is 13.6. The lowest BCUT2D eigenvalue weighted by Gasteiger charge is -2.24. The molecule has 1 amide bonds. The Bertz CT molecular complexity index is 316. The van der Waals surface area contributed by atoms with Crippen molar-refractivity contribution in [3.8, 4) is 0 Å². The standard InChI is InChI=1S/C16H31NO5/c1-2-3-4-5-6-7-8-9-10-11-16(21,22)12-13(14(17)18)15(19)20/h13,21-22H,2-12H2,1H3,(H2,17,18)(H,19,20). The van der Waals surface area contributed by atoms with E-state index in [4.69, 9.17) is 10.8 Å². The molecule has 0 fully saturated rings. The van der Waals surface area contributed by atoms with Crippen molar-refractivity contribution in [3.63, 3.8) is 0 Å². The van der Waals surface area contributed by atoms with Crippen LogP contribution in [0.5, 0.6) is 0 Å². The van der Waals surface area contributed by atoms with Crippen LogP contribution in [0, 0.1) is 5.92 Å². The van der Waals surface area contributed by atoms with E-state index in [1.807, 2.05) is 0 Å². The fourth-order valence-electron chi connectivity index (χ4n) is 2.46. The fourth-order valence-corrected chi connectivity index (χ4v) is 2.46. The first-order chi connectivity index (χ1) is 10.3. The van der Waals surface area contributed by atoms with E-state index >= 15 is 0 Å². The molecule has 22 heavy (non-hydrogen) atoms. The lowest BCUT2D eigenvalue weighted by atomic mass is 9.94. The first-order valence-electron chi connectivity index (χ1n) is 8.27. The number of nitrogens with two attached hydrogens (primary N) is 1. The molecule has 0 heterocycles. The molecule has 0 aromatic carbocycles. The SMILES string of the molecule is CCCCCCCCCCCC(O)(O)CC(C(N)=O)C(=O)O. The Morgan fingerprint density at radius 2 is 1.41 bits per heavy atom. The average molecular weight is 317 g/mol. The molecule has 1 unspecified atom stereocenters. The van der Waals surface area contributed by atoms with Crippen molar-refractivity contribution in [2.75, 3.05) is 0 Å². The summed E-state index contributed by atoms with van der Waals surface area (Å²) in [6.07, 6.45) is 9.35. The molecule has 1 atom stereocenters. The summed E-state index contributed by atoms with van der Waals surface area (Å²) in [6, 6.07) is 0. The maximum Gasteiger partial charge on any atom is 0.316 e. The molecule has 0 spiro atoms. The van der Waals surface area contributed by atoms with Gasteiger partial charge in [-0.05, 0) is 6.42 Å². The second-order valence-electron chi connectivity index (χ2n) is 6.06. The van der Waals surface area contributed by atoms with Gasteiger partial charge in [0, 0.05) is 12.8 Å². The minimum Gasteiger partial charge on any atom is -0.481 e. The van der Waals surface area contributed by atoms with Crippen LogP contribution in [0.25, 0.3) is 0 Å². The Morgan fingerprint density at radius 3 is 1.82 bits per heavy atom. The molecule has 0 saturated carbocycles. The van der Waals surface area contributed by atoms with Gasteiger partial charge in [0.25, 0.3) is 0 Å². The van der Waals surface area contributed by atoms with E-state index < -0.39 is 30.0 Å². The van der Waals surface area contributed by atoms with E-state index in [1.54, 1.807) is 0 Å². The fraction of sp³-hybridized carbons (Fsp3) is 0.875. The van der Waals surface area contributed by atoms with Gasteiger partial charge in [0.1, 0.15) is 5.92 Å². The predicted molar refractivity (Wildman–Crippen MR) is 83.9 cm³/mol. The minimum atomic E-state index is -2.15. The van der Waals surface area contributed by atoms with Crippen LogP contribution < -0.4 is 5.73 Å². The molecule has 0 aliphatic rings. The molecule has 0 radical (unpaired) electrons. The van der Waals surface area contributed by atoms with Crippen LogP contribution in [0.2, 0.25) is 0 Å². The Balaban J connectivity index is 3.79. The smallest absolute Gasteiger partial charge is 0.316 e. The number of aliphatic carboxylic acids is 1. The third-order valence-electron chi connectivity index (χ3n) is 3.85. The molecule has 130 valence electrons. The van der Waals surface area contributed by atoms with Crippen molar-refractivity contribution in [1.82, 2.24) is 0 Å². The van der Waals surface area contributed by atoms with Crippen LogP contribution in [0.4, 0.5) is 0 Å². The summed E-state index contributed by atoms with van der Waals surface area (Å²) < 4.78 is 0. The molecule has 0 aromatic rings. The summed E-state index contributed by atoms with van der Waals surface area (Å²) in [4.78, 5) is 21.8. The Labute approximate surface area is 132 Å². The Morgan fingerprint density at radius 1 is 0.955 bits per heavy atom. The molecular weight excluding hydrogens is 286 g/mol. The molecular formula is C16H31NO5. The first-order valence-corrected chi connectivity index (χ1v) is 8.27. The van der Waals surface area contributed by atoms with Crippen LogP contribution in [-0.4, -0.2) is 33.0 Å². The highest BCUT2D eigenvalue weighted by Crippen LogP contribution is 2.22. The number of primary amides is 1. The van der Waals surface area contributed by atoms with Gasteiger partial charge in [0.05, 0.1) is 0 Å². The van der Waals surface area contributed by atoms with Crippen molar-refractivity contribution in [1.29, 1.82) is 0 Å². The van der Waals surface area contributed by atoms with E-state index in [2.05, 4.69) is 6.92 Å². The van der Waals surface area contributed by atoms with Gasteiger partial charge < -0.3 is 21.1 Å². The van der Waals surface area contributed by atoms with Gasteiger partial charge in [0.2, 0.25) is 5.91 Å². The molecule has 0 bridgehead atoms. The summed E-state index contributed by atoms with van der Waals surface area (Å²) in [5.41, 5.74) is 4.95. The van der Waals surface area contributed by atoms with Crippen LogP contribution in [0.3, 0.4) is 0 Å². The van der Waals surface area contributed by atoms with Crippen molar-refractivity contribution >= 4 is 11.9 Å². The number of rotatable bonds is 14.